The van der Waals surface area contributed by atoms with Gasteiger partial charge >= 0.3 is 6.18 Å². The Labute approximate surface area is 239 Å². The molecule has 1 fully saturated rings. The number of alkyl halides is 3. The summed E-state index contributed by atoms with van der Waals surface area (Å²) >= 11 is 0. The van der Waals surface area contributed by atoms with Crippen LogP contribution in [0.2, 0.25) is 0 Å². The summed E-state index contributed by atoms with van der Waals surface area (Å²) in [4.78, 5) is 18.6. The van der Waals surface area contributed by atoms with E-state index in [9.17, 15) is 30.8 Å². The number of hydrogen-bond acceptors (Lipinski definition) is 5. The number of sulfonamides is 1. The highest BCUT2D eigenvalue weighted by molar-refractivity contribution is 7.89. The van der Waals surface area contributed by atoms with Gasteiger partial charge in [0.25, 0.3) is 5.91 Å². The third-order valence-corrected chi connectivity index (χ3v) is 8.37. The second-order valence-corrected chi connectivity index (χ2v) is 10.9. The Balaban J connectivity index is 0.00000231. The lowest BCUT2D eigenvalue weighted by Gasteiger charge is -2.34. The molecule has 5 rings (SSSR count). The average molecular weight is 613 g/mol. The van der Waals surface area contributed by atoms with Gasteiger partial charge in [0.1, 0.15) is 5.82 Å². The van der Waals surface area contributed by atoms with Crippen LogP contribution in [0.1, 0.15) is 15.9 Å². The number of pyridine rings is 1. The van der Waals surface area contributed by atoms with Crippen molar-refractivity contribution in [3.63, 3.8) is 0 Å². The molecule has 0 unspecified atom stereocenters. The van der Waals surface area contributed by atoms with Crippen LogP contribution < -0.4 is 5.32 Å². The minimum Gasteiger partial charge on any atom is -0.412 e. The molecule has 0 bridgehead atoms. The maximum absolute atomic E-state index is 13.2. The Morgan fingerprint density at radius 3 is 2.12 bits per heavy atom. The van der Waals surface area contributed by atoms with E-state index in [-0.39, 0.29) is 60.4 Å². The molecular weight excluding hydrogens is 588 g/mol. The van der Waals surface area contributed by atoms with Crippen LogP contribution in [0.15, 0.2) is 83.9 Å². The number of halogens is 5. The van der Waals surface area contributed by atoms with Crippen molar-refractivity contribution in [2.45, 2.75) is 11.1 Å². The zero-order valence-electron chi connectivity index (χ0n) is 21.2. The number of amides is 1. The number of carbonyl (C=O) groups is 1. The number of nitrogens with one attached hydrogen (secondary N) is 1. The first-order chi connectivity index (χ1) is 18.5. The molecule has 1 aliphatic heterocycles. The molecule has 3 aromatic carbocycles. The number of benzene rings is 3. The van der Waals surface area contributed by atoms with Gasteiger partial charge in [-0.3, -0.25) is 9.78 Å². The fourth-order valence-corrected chi connectivity index (χ4v) is 5.78. The molecule has 1 saturated heterocycles. The monoisotopic (exact) mass is 612 g/mol. The lowest BCUT2D eigenvalue weighted by Crippen LogP contribution is -2.50. The van der Waals surface area contributed by atoms with Crippen molar-refractivity contribution in [1.29, 1.82) is 0 Å². The highest BCUT2D eigenvalue weighted by Gasteiger charge is 2.31. The maximum atomic E-state index is 13.2. The molecule has 1 amide bonds. The first kappa shape index (κ1) is 31.7. The fraction of sp³-hybridized carbons (Fsp3) is 0.185. The molecule has 0 aliphatic carbocycles. The molecule has 0 atom stereocenters. The highest BCUT2D eigenvalue weighted by atomic mass is 35.5. The Bertz CT molecular complexity index is 1630. The van der Waals surface area contributed by atoms with Crippen LogP contribution in [0.4, 0.5) is 28.9 Å². The summed E-state index contributed by atoms with van der Waals surface area (Å²) in [5.41, 5.74) is 1.00. The van der Waals surface area contributed by atoms with Crippen molar-refractivity contribution in [1.82, 2.24) is 14.2 Å². The third-order valence-electron chi connectivity index (χ3n) is 6.46. The quantitative estimate of drug-likeness (QED) is 0.323. The average Bonchev–Trinajstić information content (AvgIpc) is 2.93. The first-order valence-electron chi connectivity index (χ1n) is 11.9. The summed E-state index contributed by atoms with van der Waals surface area (Å²) in [6.45, 7) is 0.608. The van der Waals surface area contributed by atoms with Crippen LogP contribution in [0.5, 0.6) is 0 Å². The number of anilines is 2. The van der Waals surface area contributed by atoms with Crippen LogP contribution in [-0.4, -0.2) is 60.2 Å². The predicted octanol–water partition coefficient (Wildman–Crippen LogP) is 4.88. The Morgan fingerprint density at radius 2 is 1.51 bits per heavy atom. The molecule has 14 heteroatoms. The number of aromatic nitrogens is 1. The molecular formula is C27H25ClF4N4O4S. The maximum Gasteiger partial charge on any atom is 0.416 e. The fourth-order valence-electron chi connectivity index (χ4n) is 4.35. The SMILES string of the molecule is Cl.O.O=C(c1ccc(Nc2ccnc3cc(C(F)(F)F)ccc23)cc1)N1CCN(S(=O)(=O)c2ccc(F)cc2)CC1. The Hall–Kier alpha value is -3.78. The lowest BCUT2D eigenvalue weighted by atomic mass is 10.1. The number of carbonyl (C=O) groups excluding carboxylic acids is 1. The van der Waals surface area contributed by atoms with Gasteiger partial charge in [-0.25, -0.2) is 12.8 Å². The molecule has 2 heterocycles. The van der Waals surface area contributed by atoms with E-state index in [1.165, 1.54) is 28.7 Å². The minimum absolute atomic E-state index is 0. The summed E-state index contributed by atoms with van der Waals surface area (Å²) in [6.07, 6.45) is -3.05. The summed E-state index contributed by atoms with van der Waals surface area (Å²) in [5, 5.41) is 3.66. The van der Waals surface area contributed by atoms with E-state index in [0.29, 0.717) is 22.3 Å². The summed E-state index contributed by atoms with van der Waals surface area (Å²) in [7, 11) is -3.79. The van der Waals surface area contributed by atoms with E-state index >= 15 is 0 Å². The van der Waals surface area contributed by atoms with E-state index in [0.717, 1.165) is 24.3 Å². The van der Waals surface area contributed by atoms with Crippen LogP contribution in [0.3, 0.4) is 0 Å². The highest BCUT2D eigenvalue weighted by Crippen LogP contribution is 2.33. The second-order valence-electron chi connectivity index (χ2n) is 8.94. The number of piperazine rings is 1. The van der Waals surface area contributed by atoms with Crippen molar-refractivity contribution < 1.29 is 36.3 Å². The molecule has 218 valence electrons. The minimum atomic E-state index is -4.47. The molecule has 1 aliphatic rings. The van der Waals surface area contributed by atoms with E-state index in [1.807, 2.05) is 0 Å². The summed E-state index contributed by atoms with van der Waals surface area (Å²) in [6, 6.07) is 16.2. The van der Waals surface area contributed by atoms with Gasteiger partial charge in [0, 0.05) is 54.7 Å². The van der Waals surface area contributed by atoms with Gasteiger partial charge < -0.3 is 15.7 Å². The molecule has 0 spiro atoms. The molecule has 41 heavy (non-hydrogen) atoms. The summed E-state index contributed by atoms with van der Waals surface area (Å²) < 4.78 is 79.2. The molecule has 0 radical (unpaired) electrons. The van der Waals surface area contributed by atoms with Gasteiger partial charge in [0.2, 0.25) is 10.0 Å². The molecule has 3 N–H and O–H groups in total. The van der Waals surface area contributed by atoms with Crippen molar-refractivity contribution in [3.05, 3.63) is 95.9 Å². The van der Waals surface area contributed by atoms with Crippen molar-refractivity contribution >= 4 is 50.6 Å². The number of rotatable bonds is 5. The smallest absolute Gasteiger partial charge is 0.412 e. The molecule has 1 aromatic heterocycles. The van der Waals surface area contributed by atoms with Crippen molar-refractivity contribution in [2.24, 2.45) is 0 Å². The zero-order chi connectivity index (χ0) is 27.8. The standard InChI is InChI=1S/C27H22F4N4O3S.ClH.H2O/c28-20-4-8-22(9-5-20)39(37,38)35-15-13-34(14-16-35)26(36)18-1-6-21(7-2-18)33-24-11-12-32-25-17-19(27(29,30)31)3-10-23(24)25;;/h1-12,17H,13-16H2,(H,32,33);1H;1H2. The first-order valence-corrected chi connectivity index (χ1v) is 13.3. The topological polar surface area (TPSA) is 114 Å². The number of fused-ring (bicyclic) bond motifs is 1. The second kappa shape index (κ2) is 12.4. The van der Waals surface area contributed by atoms with Crippen LogP contribution in [-0.2, 0) is 16.2 Å². The van der Waals surface area contributed by atoms with Crippen molar-refractivity contribution in [2.75, 3.05) is 31.5 Å². The van der Waals surface area contributed by atoms with Gasteiger partial charge in [-0.15, -0.1) is 12.4 Å². The Morgan fingerprint density at radius 1 is 0.878 bits per heavy atom. The lowest BCUT2D eigenvalue weighted by molar-refractivity contribution is -0.137. The zero-order valence-corrected chi connectivity index (χ0v) is 22.9. The summed E-state index contributed by atoms with van der Waals surface area (Å²) in [5.74, 6) is -0.784. The normalized spacial score (nSPS) is 14.2. The van der Waals surface area contributed by atoms with E-state index in [4.69, 9.17) is 0 Å². The van der Waals surface area contributed by atoms with Gasteiger partial charge in [-0.05, 0) is 66.7 Å². The van der Waals surface area contributed by atoms with Crippen molar-refractivity contribution in [3.8, 4) is 0 Å². The molecule has 0 saturated carbocycles. The largest absolute Gasteiger partial charge is 0.416 e. The van der Waals surface area contributed by atoms with E-state index in [2.05, 4.69) is 10.3 Å². The van der Waals surface area contributed by atoms with Crippen LogP contribution in [0, 0.1) is 5.82 Å². The van der Waals surface area contributed by atoms with Crippen LogP contribution in [0.25, 0.3) is 10.9 Å². The predicted molar refractivity (Wildman–Crippen MR) is 148 cm³/mol. The van der Waals surface area contributed by atoms with Gasteiger partial charge in [-0.1, -0.05) is 6.07 Å². The van der Waals surface area contributed by atoms with Gasteiger partial charge in [0.15, 0.2) is 0 Å². The third kappa shape index (κ3) is 6.76. The van der Waals surface area contributed by atoms with Gasteiger partial charge in [0.05, 0.1) is 16.0 Å². The molecule has 4 aromatic rings. The molecule has 8 nitrogen and oxygen atoms in total. The van der Waals surface area contributed by atoms with Gasteiger partial charge in [-0.2, -0.15) is 17.5 Å². The Kier molecular flexibility index (Phi) is 9.59. The van der Waals surface area contributed by atoms with Crippen LogP contribution >= 0.6 is 12.4 Å². The van der Waals surface area contributed by atoms with E-state index in [1.54, 1.807) is 35.2 Å². The van der Waals surface area contributed by atoms with E-state index < -0.39 is 27.6 Å². The number of nitrogens with zero attached hydrogens (tertiary/aromatic N) is 3. The number of hydrogen-bond donors (Lipinski definition) is 1.